The smallest absolute Gasteiger partial charge is 0.262 e. The first-order chi connectivity index (χ1) is 12.8. The summed E-state index contributed by atoms with van der Waals surface area (Å²) in [5.74, 6) is 0.456. The standard InChI is InChI=1S/C20H19ClN2O3S/c1-14-6-7-15(2)20(11-14)27(24,25)23-16-8-9-19(18(21)12-16)26-13-17-5-3-4-10-22-17/h3-12,23H,13H2,1-2H3. The number of aromatic nitrogens is 1. The number of pyridine rings is 1. The van der Waals surface area contributed by atoms with Crippen molar-refractivity contribution >= 4 is 27.3 Å². The van der Waals surface area contributed by atoms with Gasteiger partial charge in [0.2, 0.25) is 0 Å². The molecule has 0 fully saturated rings. The number of nitrogens with one attached hydrogen (secondary N) is 1. The van der Waals surface area contributed by atoms with Crippen LogP contribution in [0, 0.1) is 13.8 Å². The van der Waals surface area contributed by atoms with Gasteiger partial charge in [0.15, 0.2) is 0 Å². The molecule has 0 aliphatic rings. The van der Waals surface area contributed by atoms with Gasteiger partial charge in [-0.3, -0.25) is 9.71 Å². The average Bonchev–Trinajstić information content (AvgIpc) is 2.63. The lowest BCUT2D eigenvalue weighted by Gasteiger charge is -2.13. The molecule has 0 spiro atoms. The van der Waals surface area contributed by atoms with Crippen molar-refractivity contribution in [3.8, 4) is 5.75 Å². The lowest BCUT2D eigenvalue weighted by Crippen LogP contribution is -2.14. The summed E-state index contributed by atoms with van der Waals surface area (Å²) in [7, 11) is -3.71. The molecular formula is C20H19ClN2O3S. The normalized spacial score (nSPS) is 11.2. The minimum Gasteiger partial charge on any atom is -0.486 e. The van der Waals surface area contributed by atoms with Crippen LogP contribution in [0.1, 0.15) is 16.8 Å². The van der Waals surface area contributed by atoms with Gasteiger partial charge in [0.1, 0.15) is 12.4 Å². The molecule has 0 saturated carbocycles. The summed E-state index contributed by atoms with van der Waals surface area (Å²) < 4.78 is 33.6. The molecule has 0 unspecified atom stereocenters. The van der Waals surface area contributed by atoms with Crippen LogP contribution in [-0.4, -0.2) is 13.4 Å². The third-order valence-electron chi connectivity index (χ3n) is 3.92. The zero-order valence-electron chi connectivity index (χ0n) is 14.9. The Bertz CT molecular complexity index is 1050. The maximum Gasteiger partial charge on any atom is 0.262 e. The molecule has 3 rings (SSSR count). The predicted octanol–water partition coefficient (Wildman–Crippen LogP) is 4.73. The third kappa shape index (κ3) is 4.78. The van der Waals surface area contributed by atoms with Gasteiger partial charge in [0.05, 0.1) is 21.3 Å². The van der Waals surface area contributed by atoms with Crippen LogP contribution in [-0.2, 0) is 16.6 Å². The summed E-state index contributed by atoms with van der Waals surface area (Å²) in [6.45, 7) is 3.88. The van der Waals surface area contributed by atoms with Crippen molar-refractivity contribution < 1.29 is 13.2 Å². The van der Waals surface area contributed by atoms with E-state index >= 15 is 0 Å². The van der Waals surface area contributed by atoms with E-state index in [1.807, 2.05) is 31.2 Å². The molecule has 0 amide bonds. The van der Waals surface area contributed by atoms with Crippen molar-refractivity contribution in [1.82, 2.24) is 4.98 Å². The number of hydrogen-bond acceptors (Lipinski definition) is 4. The lowest BCUT2D eigenvalue weighted by atomic mass is 10.2. The Morgan fingerprint density at radius 3 is 2.59 bits per heavy atom. The summed E-state index contributed by atoms with van der Waals surface area (Å²) in [6.07, 6.45) is 1.69. The molecule has 0 bridgehead atoms. The van der Waals surface area contributed by atoms with E-state index in [0.717, 1.165) is 11.3 Å². The SMILES string of the molecule is Cc1ccc(C)c(S(=O)(=O)Nc2ccc(OCc3ccccn3)c(Cl)c2)c1. The zero-order chi connectivity index (χ0) is 19.4. The van der Waals surface area contributed by atoms with Crippen molar-refractivity contribution in [2.24, 2.45) is 0 Å². The topological polar surface area (TPSA) is 68.3 Å². The van der Waals surface area contributed by atoms with Crippen molar-refractivity contribution in [3.05, 3.63) is 82.6 Å². The molecule has 0 aliphatic carbocycles. The number of aryl methyl sites for hydroxylation is 2. The van der Waals surface area contributed by atoms with Crippen molar-refractivity contribution in [2.45, 2.75) is 25.3 Å². The van der Waals surface area contributed by atoms with Crippen LogP contribution < -0.4 is 9.46 Å². The first-order valence-electron chi connectivity index (χ1n) is 8.27. The first kappa shape index (κ1) is 19.2. The van der Waals surface area contributed by atoms with E-state index in [1.54, 1.807) is 37.4 Å². The molecule has 27 heavy (non-hydrogen) atoms. The summed E-state index contributed by atoms with van der Waals surface area (Å²) in [6, 6.07) is 15.6. The summed E-state index contributed by atoms with van der Waals surface area (Å²) in [4.78, 5) is 4.42. The van der Waals surface area contributed by atoms with E-state index in [1.165, 1.54) is 6.07 Å². The molecule has 140 valence electrons. The first-order valence-corrected chi connectivity index (χ1v) is 10.1. The molecule has 1 aromatic heterocycles. The highest BCUT2D eigenvalue weighted by Gasteiger charge is 2.18. The Kier molecular flexibility index (Phi) is 5.68. The highest BCUT2D eigenvalue weighted by atomic mass is 35.5. The lowest BCUT2D eigenvalue weighted by molar-refractivity contribution is 0.301. The summed E-state index contributed by atoms with van der Waals surface area (Å²) >= 11 is 6.25. The van der Waals surface area contributed by atoms with E-state index in [9.17, 15) is 8.42 Å². The highest BCUT2D eigenvalue weighted by Crippen LogP contribution is 2.30. The zero-order valence-corrected chi connectivity index (χ0v) is 16.5. The number of halogens is 1. The minimum absolute atomic E-state index is 0.245. The number of benzene rings is 2. The highest BCUT2D eigenvalue weighted by molar-refractivity contribution is 7.92. The number of ether oxygens (including phenoxy) is 1. The summed E-state index contributed by atoms with van der Waals surface area (Å²) in [5, 5.41) is 0.312. The van der Waals surface area contributed by atoms with Gasteiger partial charge in [0, 0.05) is 6.20 Å². The Morgan fingerprint density at radius 2 is 1.89 bits per heavy atom. The predicted molar refractivity (Wildman–Crippen MR) is 107 cm³/mol. The Labute approximate surface area is 164 Å². The van der Waals surface area contributed by atoms with E-state index in [4.69, 9.17) is 16.3 Å². The second kappa shape index (κ2) is 7.98. The van der Waals surface area contributed by atoms with Crippen LogP contribution in [0.4, 0.5) is 5.69 Å². The molecule has 7 heteroatoms. The fourth-order valence-electron chi connectivity index (χ4n) is 2.52. The number of sulfonamides is 1. The van der Waals surface area contributed by atoms with Gasteiger partial charge in [-0.15, -0.1) is 0 Å². The minimum atomic E-state index is -3.71. The molecule has 2 aromatic carbocycles. The van der Waals surface area contributed by atoms with Crippen molar-refractivity contribution in [2.75, 3.05) is 4.72 Å². The monoisotopic (exact) mass is 402 g/mol. The molecule has 0 saturated heterocycles. The van der Waals surface area contributed by atoms with Gasteiger partial charge in [-0.2, -0.15) is 0 Å². The van der Waals surface area contributed by atoms with Crippen LogP contribution in [0.3, 0.4) is 0 Å². The van der Waals surface area contributed by atoms with Gasteiger partial charge < -0.3 is 4.74 Å². The van der Waals surface area contributed by atoms with Crippen LogP contribution in [0.5, 0.6) is 5.75 Å². The largest absolute Gasteiger partial charge is 0.486 e. The third-order valence-corrected chi connectivity index (χ3v) is 5.74. The number of anilines is 1. The van der Waals surface area contributed by atoms with E-state index < -0.39 is 10.0 Å². The summed E-state index contributed by atoms with van der Waals surface area (Å²) in [5.41, 5.74) is 2.69. The molecule has 0 atom stereocenters. The van der Waals surface area contributed by atoms with Gasteiger partial charge in [-0.25, -0.2) is 8.42 Å². The quantitative estimate of drug-likeness (QED) is 0.647. The Morgan fingerprint density at radius 1 is 1.07 bits per heavy atom. The molecule has 0 aliphatic heterocycles. The van der Waals surface area contributed by atoms with Gasteiger partial charge >= 0.3 is 0 Å². The van der Waals surface area contributed by atoms with Gasteiger partial charge in [-0.1, -0.05) is 29.8 Å². The van der Waals surface area contributed by atoms with E-state index in [0.29, 0.717) is 22.0 Å². The van der Waals surface area contributed by atoms with Crippen LogP contribution >= 0.6 is 11.6 Å². The van der Waals surface area contributed by atoms with Crippen LogP contribution in [0.25, 0.3) is 0 Å². The maximum absolute atomic E-state index is 12.7. The van der Waals surface area contributed by atoms with E-state index in [2.05, 4.69) is 9.71 Å². The van der Waals surface area contributed by atoms with Crippen molar-refractivity contribution in [3.63, 3.8) is 0 Å². The fraction of sp³-hybridized carbons (Fsp3) is 0.150. The molecule has 1 N–H and O–H groups in total. The van der Waals surface area contributed by atoms with Gasteiger partial charge in [0.25, 0.3) is 10.0 Å². The Hall–Kier alpha value is -2.57. The van der Waals surface area contributed by atoms with Crippen molar-refractivity contribution in [1.29, 1.82) is 0 Å². The molecule has 3 aromatic rings. The van der Waals surface area contributed by atoms with Crippen LogP contribution in [0.15, 0.2) is 65.7 Å². The maximum atomic E-state index is 12.7. The molecule has 1 heterocycles. The van der Waals surface area contributed by atoms with Crippen LogP contribution in [0.2, 0.25) is 5.02 Å². The molecule has 0 radical (unpaired) electrons. The fourth-order valence-corrected chi connectivity index (χ4v) is 4.14. The van der Waals surface area contributed by atoms with E-state index in [-0.39, 0.29) is 11.5 Å². The number of nitrogens with zero attached hydrogens (tertiary/aromatic N) is 1. The average molecular weight is 403 g/mol. The number of hydrogen-bond donors (Lipinski definition) is 1. The van der Waals surface area contributed by atoms with Gasteiger partial charge in [-0.05, 0) is 61.4 Å². The Balaban J connectivity index is 1.76. The molecule has 5 nitrogen and oxygen atoms in total. The second-order valence-corrected chi connectivity index (χ2v) is 8.19. The number of rotatable bonds is 6. The molecular weight excluding hydrogens is 384 g/mol. The second-order valence-electron chi connectivity index (χ2n) is 6.13.